The zero-order chi connectivity index (χ0) is 27.2. The average Bonchev–Trinajstić information content (AvgIpc) is 2.96. The monoisotopic (exact) mass is 515 g/mol. The Morgan fingerprint density at radius 2 is 1.50 bits per heavy atom. The Kier molecular flexibility index (Phi) is 8.30. The minimum Gasteiger partial charge on any atom is -0.469 e. The fourth-order valence-corrected chi connectivity index (χ4v) is 4.58. The lowest BCUT2D eigenvalue weighted by Gasteiger charge is -2.29. The van der Waals surface area contributed by atoms with Crippen LogP contribution in [-0.4, -0.2) is 49.0 Å². The highest BCUT2D eigenvalue weighted by molar-refractivity contribution is 6.07. The van der Waals surface area contributed by atoms with E-state index in [0.717, 1.165) is 5.56 Å². The molecule has 3 aromatic carbocycles. The number of amides is 2. The molecule has 0 aromatic heterocycles. The number of nitrogens with one attached hydrogen (secondary N) is 3. The van der Waals surface area contributed by atoms with Gasteiger partial charge in [0.15, 0.2) is 5.78 Å². The van der Waals surface area contributed by atoms with Crippen LogP contribution in [0.3, 0.4) is 0 Å². The van der Waals surface area contributed by atoms with Gasteiger partial charge in [0.2, 0.25) is 0 Å². The number of ketones is 1. The van der Waals surface area contributed by atoms with Crippen molar-refractivity contribution in [2.45, 2.75) is 13.3 Å². The summed E-state index contributed by atoms with van der Waals surface area (Å²) in [6, 6.07) is 18.6. The quantitative estimate of drug-likeness (QED) is 0.163. The van der Waals surface area contributed by atoms with Crippen molar-refractivity contribution in [3.8, 4) is 11.1 Å². The van der Waals surface area contributed by atoms with Gasteiger partial charge in [-0.15, -0.1) is 0 Å². The van der Waals surface area contributed by atoms with Crippen molar-refractivity contribution in [1.29, 1.82) is 0 Å². The molecule has 1 aliphatic heterocycles. The molecular formula is C29H29N3O6. The van der Waals surface area contributed by atoms with Crippen LogP contribution in [0.5, 0.6) is 0 Å². The first-order valence-corrected chi connectivity index (χ1v) is 12.2. The second kappa shape index (κ2) is 11.8. The van der Waals surface area contributed by atoms with E-state index in [1.54, 1.807) is 60.1 Å². The third-order valence-corrected chi connectivity index (χ3v) is 6.69. The molecular weight excluding hydrogens is 486 g/mol. The van der Waals surface area contributed by atoms with Crippen LogP contribution >= 0.6 is 0 Å². The summed E-state index contributed by atoms with van der Waals surface area (Å²) in [5, 5.41) is 14.9. The van der Waals surface area contributed by atoms with Crippen LogP contribution in [0.1, 0.15) is 43.1 Å². The van der Waals surface area contributed by atoms with Crippen LogP contribution in [0, 0.1) is 18.8 Å². The highest BCUT2D eigenvalue weighted by Crippen LogP contribution is 2.30. The summed E-state index contributed by atoms with van der Waals surface area (Å²) < 4.78 is 4.93. The molecule has 196 valence electrons. The summed E-state index contributed by atoms with van der Waals surface area (Å²) in [4.78, 5) is 50.8. The number of hydrogen-bond acceptors (Lipinski definition) is 7. The molecule has 4 rings (SSSR count). The lowest BCUT2D eigenvalue weighted by molar-refractivity contribution is -0.147. The van der Waals surface area contributed by atoms with Crippen molar-refractivity contribution in [3.63, 3.8) is 0 Å². The molecule has 1 aliphatic rings. The SMILES string of the molecule is COC(=O)C1CNCCC1C(=O)c1cc(NC(=O)c2ccc(C)cc2)cc(-c2ccc(C(=O)NO)cc2)c1. The molecule has 3 aromatic rings. The first-order valence-electron chi connectivity index (χ1n) is 12.2. The first-order chi connectivity index (χ1) is 18.3. The number of aryl methyl sites for hydroxylation is 1. The third-order valence-electron chi connectivity index (χ3n) is 6.69. The van der Waals surface area contributed by atoms with Gasteiger partial charge in [-0.2, -0.15) is 0 Å². The van der Waals surface area contributed by atoms with E-state index < -0.39 is 23.7 Å². The first kappa shape index (κ1) is 26.7. The molecule has 0 bridgehead atoms. The van der Waals surface area contributed by atoms with Crippen molar-refractivity contribution in [2.75, 3.05) is 25.5 Å². The van der Waals surface area contributed by atoms with E-state index in [1.165, 1.54) is 7.11 Å². The smallest absolute Gasteiger partial charge is 0.310 e. The van der Waals surface area contributed by atoms with E-state index in [9.17, 15) is 19.2 Å². The number of piperidine rings is 1. The Labute approximate surface area is 220 Å². The van der Waals surface area contributed by atoms with Crippen molar-refractivity contribution < 1.29 is 29.1 Å². The number of carbonyl (C=O) groups is 4. The molecule has 2 atom stereocenters. The number of benzene rings is 3. The Balaban J connectivity index is 1.72. The zero-order valence-electron chi connectivity index (χ0n) is 21.1. The van der Waals surface area contributed by atoms with Crippen molar-refractivity contribution in [1.82, 2.24) is 10.8 Å². The molecule has 38 heavy (non-hydrogen) atoms. The Bertz CT molecular complexity index is 1350. The van der Waals surface area contributed by atoms with Gasteiger partial charge >= 0.3 is 5.97 Å². The molecule has 0 aliphatic carbocycles. The number of hydroxylamine groups is 1. The number of hydrogen-bond donors (Lipinski definition) is 4. The van der Waals surface area contributed by atoms with Gasteiger partial charge < -0.3 is 15.4 Å². The summed E-state index contributed by atoms with van der Waals surface area (Å²) >= 11 is 0. The molecule has 9 nitrogen and oxygen atoms in total. The van der Waals surface area contributed by atoms with E-state index >= 15 is 0 Å². The lowest BCUT2D eigenvalue weighted by Crippen LogP contribution is -2.44. The summed E-state index contributed by atoms with van der Waals surface area (Å²) in [5.41, 5.74) is 5.43. The normalized spacial score (nSPS) is 16.8. The number of esters is 1. The van der Waals surface area contributed by atoms with Crippen molar-refractivity contribution >= 4 is 29.3 Å². The summed E-state index contributed by atoms with van der Waals surface area (Å²) in [5.74, 6) is -2.83. The second-order valence-corrected chi connectivity index (χ2v) is 9.23. The maximum Gasteiger partial charge on any atom is 0.310 e. The fourth-order valence-electron chi connectivity index (χ4n) is 4.58. The van der Waals surface area contributed by atoms with Gasteiger partial charge in [-0.25, -0.2) is 5.48 Å². The zero-order valence-corrected chi connectivity index (χ0v) is 21.1. The van der Waals surface area contributed by atoms with Crippen LogP contribution in [0.2, 0.25) is 0 Å². The molecule has 1 saturated heterocycles. The van der Waals surface area contributed by atoms with E-state index in [2.05, 4.69) is 10.6 Å². The maximum atomic E-state index is 13.7. The summed E-state index contributed by atoms with van der Waals surface area (Å²) in [7, 11) is 1.30. The second-order valence-electron chi connectivity index (χ2n) is 9.23. The topological polar surface area (TPSA) is 134 Å². The van der Waals surface area contributed by atoms with Crippen LogP contribution < -0.4 is 16.1 Å². The van der Waals surface area contributed by atoms with E-state index in [1.807, 2.05) is 19.1 Å². The van der Waals surface area contributed by atoms with Crippen molar-refractivity contribution in [3.05, 3.63) is 89.0 Å². The van der Waals surface area contributed by atoms with Crippen LogP contribution in [0.15, 0.2) is 66.7 Å². The molecule has 2 amide bonds. The third kappa shape index (κ3) is 5.96. The van der Waals surface area contributed by atoms with Gasteiger partial charge in [0.05, 0.1) is 13.0 Å². The maximum absolute atomic E-state index is 13.7. The predicted molar refractivity (Wildman–Crippen MR) is 141 cm³/mol. The highest BCUT2D eigenvalue weighted by atomic mass is 16.5. The summed E-state index contributed by atoms with van der Waals surface area (Å²) in [6.07, 6.45) is 0.471. The van der Waals surface area contributed by atoms with E-state index in [-0.39, 0.29) is 17.3 Å². The number of carbonyl (C=O) groups excluding carboxylic acids is 4. The molecule has 1 heterocycles. The van der Waals surface area contributed by atoms with Gasteiger partial charge in [0.1, 0.15) is 0 Å². The van der Waals surface area contributed by atoms with Crippen LogP contribution in [-0.2, 0) is 9.53 Å². The van der Waals surface area contributed by atoms with Crippen molar-refractivity contribution in [2.24, 2.45) is 11.8 Å². The number of Topliss-reactive ketones (excluding diaryl/α,β-unsaturated/α-hetero) is 1. The molecule has 9 heteroatoms. The standard InChI is InChI=1S/C29H29N3O6/c1-17-3-5-19(6-4-17)27(34)31-23-14-21(18-7-9-20(10-8-18)28(35)32-37)13-22(15-23)26(33)24-11-12-30-16-25(24)29(36)38-2/h3-10,13-15,24-25,30,37H,11-12,16H2,1-2H3,(H,31,34)(H,32,35). The fraction of sp³-hybridized carbons (Fsp3) is 0.241. The lowest BCUT2D eigenvalue weighted by atomic mass is 9.80. The Hall–Kier alpha value is -4.34. The van der Waals surface area contributed by atoms with Crippen LogP contribution in [0.25, 0.3) is 11.1 Å². The van der Waals surface area contributed by atoms with Gasteiger partial charge in [-0.1, -0.05) is 29.8 Å². The Morgan fingerprint density at radius 3 is 2.16 bits per heavy atom. The number of anilines is 1. The molecule has 1 fully saturated rings. The largest absolute Gasteiger partial charge is 0.469 e. The van der Waals surface area contributed by atoms with Gasteiger partial charge in [-0.3, -0.25) is 24.4 Å². The molecule has 0 spiro atoms. The summed E-state index contributed by atoms with van der Waals surface area (Å²) in [6.45, 7) is 2.87. The minimum atomic E-state index is -0.647. The van der Waals surface area contributed by atoms with Gasteiger partial charge in [0, 0.05) is 34.8 Å². The van der Waals surface area contributed by atoms with E-state index in [4.69, 9.17) is 9.94 Å². The molecule has 4 N–H and O–H groups in total. The average molecular weight is 516 g/mol. The Morgan fingerprint density at radius 1 is 0.842 bits per heavy atom. The number of rotatable bonds is 7. The molecule has 2 unspecified atom stereocenters. The number of ether oxygens (including phenoxy) is 1. The molecule has 0 saturated carbocycles. The molecule has 0 radical (unpaired) electrons. The van der Waals surface area contributed by atoms with Gasteiger partial charge in [0.25, 0.3) is 11.8 Å². The predicted octanol–water partition coefficient (Wildman–Crippen LogP) is 3.61. The minimum absolute atomic E-state index is 0.217. The number of methoxy groups -OCH3 is 1. The van der Waals surface area contributed by atoms with Gasteiger partial charge in [-0.05, 0) is 73.5 Å². The van der Waals surface area contributed by atoms with Crippen LogP contribution in [0.4, 0.5) is 5.69 Å². The highest BCUT2D eigenvalue weighted by Gasteiger charge is 2.37. The van der Waals surface area contributed by atoms with E-state index in [0.29, 0.717) is 47.5 Å².